The Bertz CT molecular complexity index is 357. The molecule has 0 aliphatic carbocycles. The Kier molecular flexibility index (Phi) is 4.21. The van der Waals surface area contributed by atoms with Gasteiger partial charge in [0.05, 0.1) is 13.2 Å². The molecule has 3 nitrogen and oxygen atoms in total. The highest BCUT2D eigenvalue weighted by molar-refractivity contribution is 9.10. The molecule has 88 valence electrons. The minimum absolute atomic E-state index is 0.170. The molecular formula is C12H16BrNO2. The molecule has 0 saturated heterocycles. The summed E-state index contributed by atoms with van der Waals surface area (Å²) in [6.45, 7) is 1.56. The quantitative estimate of drug-likeness (QED) is 0.895. The van der Waals surface area contributed by atoms with E-state index in [1.54, 1.807) is 0 Å². The molecule has 1 heterocycles. The Morgan fingerprint density at radius 1 is 1.50 bits per heavy atom. The van der Waals surface area contributed by atoms with Crippen molar-refractivity contribution in [1.29, 1.82) is 0 Å². The zero-order valence-corrected chi connectivity index (χ0v) is 10.7. The van der Waals surface area contributed by atoms with Gasteiger partial charge < -0.3 is 15.2 Å². The molecular weight excluding hydrogens is 270 g/mol. The van der Waals surface area contributed by atoms with Crippen LogP contribution in [-0.4, -0.2) is 24.9 Å². The number of rotatable bonds is 3. The number of aliphatic hydroxyl groups excluding tert-OH is 1. The number of aliphatic hydroxyl groups is 1. The molecule has 0 fully saturated rings. The van der Waals surface area contributed by atoms with E-state index in [0.717, 1.165) is 29.7 Å². The van der Waals surface area contributed by atoms with E-state index < -0.39 is 0 Å². The lowest BCUT2D eigenvalue weighted by Crippen LogP contribution is -2.24. The highest BCUT2D eigenvalue weighted by Gasteiger charge is 2.18. The molecule has 0 radical (unpaired) electrons. The molecule has 4 heteroatoms. The second kappa shape index (κ2) is 5.66. The van der Waals surface area contributed by atoms with Gasteiger partial charge in [-0.05, 0) is 25.0 Å². The lowest BCUT2D eigenvalue weighted by molar-refractivity contribution is 0.281. The topological polar surface area (TPSA) is 41.5 Å². The fraction of sp³-hybridized carbons (Fsp3) is 0.500. The van der Waals surface area contributed by atoms with Crippen LogP contribution < -0.4 is 10.1 Å². The van der Waals surface area contributed by atoms with Gasteiger partial charge in [-0.15, -0.1) is 0 Å². The molecule has 1 atom stereocenters. The third-order valence-electron chi connectivity index (χ3n) is 2.75. The van der Waals surface area contributed by atoms with Crippen LogP contribution in [0.15, 0.2) is 22.7 Å². The molecule has 16 heavy (non-hydrogen) atoms. The summed E-state index contributed by atoms with van der Waals surface area (Å²) in [7, 11) is 0. The van der Waals surface area contributed by atoms with Gasteiger partial charge in [0.2, 0.25) is 0 Å². The van der Waals surface area contributed by atoms with Crippen LogP contribution in [0.5, 0.6) is 5.75 Å². The summed E-state index contributed by atoms with van der Waals surface area (Å²) in [5.74, 6) is 0.947. The van der Waals surface area contributed by atoms with E-state index in [4.69, 9.17) is 9.84 Å². The molecule has 0 saturated carbocycles. The van der Waals surface area contributed by atoms with Gasteiger partial charge in [0.15, 0.2) is 0 Å². The van der Waals surface area contributed by atoms with Gasteiger partial charge in [0, 0.05) is 22.6 Å². The first-order chi connectivity index (χ1) is 7.81. The molecule has 0 bridgehead atoms. The predicted molar refractivity (Wildman–Crippen MR) is 66.7 cm³/mol. The van der Waals surface area contributed by atoms with Crippen molar-refractivity contribution in [2.24, 2.45) is 0 Å². The monoisotopic (exact) mass is 285 g/mol. The van der Waals surface area contributed by atoms with Gasteiger partial charge in [0.25, 0.3) is 0 Å². The van der Waals surface area contributed by atoms with Crippen LogP contribution in [0.25, 0.3) is 0 Å². The molecule has 0 aromatic heterocycles. The summed E-state index contributed by atoms with van der Waals surface area (Å²) in [4.78, 5) is 0. The maximum Gasteiger partial charge on any atom is 0.125 e. The number of fused-ring (bicyclic) bond motifs is 1. The Morgan fingerprint density at radius 2 is 2.38 bits per heavy atom. The zero-order valence-electron chi connectivity index (χ0n) is 9.08. The molecule has 1 aromatic rings. The SMILES string of the molecule is OCCNC1CCCOc2cc(Br)ccc21. The van der Waals surface area contributed by atoms with E-state index in [1.807, 2.05) is 12.1 Å². The summed E-state index contributed by atoms with van der Waals surface area (Å²) in [6.07, 6.45) is 2.09. The zero-order chi connectivity index (χ0) is 11.4. The summed E-state index contributed by atoms with van der Waals surface area (Å²) in [6, 6.07) is 6.41. The van der Waals surface area contributed by atoms with Crippen LogP contribution in [0.1, 0.15) is 24.4 Å². The van der Waals surface area contributed by atoms with Crippen molar-refractivity contribution in [2.45, 2.75) is 18.9 Å². The lowest BCUT2D eigenvalue weighted by Gasteiger charge is -2.17. The third kappa shape index (κ3) is 2.75. The molecule has 1 aliphatic heterocycles. The first-order valence-corrected chi connectivity index (χ1v) is 6.37. The smallest absolute Gasteiger partial charge is 0.125 e. The van der Waals surface area contributed by atoms with Gasteiger partial charge in [0.1, 0.15) is 5.75 Å². The Balaban J connectivity index is 2.22. The molecule has 2 N–H and O–H groups in total. The van der Waals surface area contributed by atoms with E-state index in [2.05, 4.69) is 27.3 Å². The molecule has 1 aromatic carbocycles. The normalized spacial score (nSPS) is 19.8. The third-order valence-corrected chi connectivity index (χ3v) is 3.24. The minimum Gasteiger partial charge on any atom is -0.493 e. The van der Waals surface area contributed by atoms with Crippen molar-refractivity contribution < 1.29 is 9.84 Å². The average Bonchev–Trinajstić information content (AvgIpc) is 2.48. The summed E-state index contributed by atoms with van der Waals surface area (Å²) < 4.78 is 6.74. The Hall–Kier alpha value is -0.580. The first-order valence-electron chi connectivity index (χ1n) is 5.58. The number of hydrogen-bond acceptors (Lipinski definition) is 3. The number of ether oxygens (including phenoxy) is 1. The molecule has 1 unspecified atom stereocenters. The molecule has 2 rings (SSSR count). The van der Waals surface area contributed by atoms with E-state index in [-0.39, 0.29) is 12.6 Å². The van der Waals surface area contributed by atoms with Gasteiger partial charge >= 0.3 is 0 Å². The summed E-state index contributed by atoms with van der Waals surface area (Å²) >= 11 is 3.45. The number of hydrogen-bond donors (Lipinski definition) is 2. The average molecular weight is 286 g/mol. The van der Waals surface area contributed by atoms with Gasteiger partial charge in [-0.25, -0.2) is 0 Å². The summed E-state index contributed by atoms with van der Waals surface area (Å²) in [5.41, 5.74) is 1.19. The largest absolute Gasteiger partial charge is 0.493 e. The maximum absolute atomic E-state index is 8.86. The van der Waals surface area contributed by atoms with Gasteiger partial charge in [-0.2, -0.15) is 0 Å². The van der Waals surface area contributed by atoms with Crippen molar-refractivity contribution >= 4 is 15.9 Å². The fourth-order valence-electron chi connectivity index (χ4n) is 2.00. The van der Waals surface area contributed by atoms with Crippen LogP contribution in [0.4, 0.5) is 0 Å². The number of halogens is 1. The second-order valence-corrected chi connectivity index (χ2v) is 4.82. The van der Waals surface area contributed by atoms with E-state index >= 15 is 0 Å². The number of nitrogens with one attached hydrogen (secondary N) is 1. The van der Waals surface area contributed by atoms with Gasteiger partial charge in [-0.3, -0.25) is 0 Å². The molecule has 0 spiro atoms. The summed E-state index contributed by atoms with van der Waals surface area (Å²) in [5, 5.41) is 12.2. The van der Waals surface area contributed by atoms with Crippen LogP contribution in [0.3, 0.4) is 0 Å². The Labute approximate surface area is 104 Å². The van der Waals surface area contributed by atoms with E-state index in [9.17, 15) is 0 Å². The number of benzene rings is 1. The van der Waals surface area contributed by atoms with Gasteiger partial charge in [-0.1, -0.05) is 22.0 Å². The van der Waals surface area contributed by atoms with Crippen molar-refractivity contribution in [3.63, 3.8) is 0 Å². The van der Waals surface area contributed by atoms with Crippen LogP contribution in [0, 0.1) is 0 Å². The van der Waals surface area contributed by atoms with E-state index in [0.29, 0.717) is 6.54 Å². The van der Waals surface area contributed by atoms with Crippen LogP contribution in [-0.2, 0) is 0 Å². The van der Waals surface area contributed by atoms with Crippen LogP contribution in [0.2, 0.25) is 0 Å². The van der Waals surface area contributed by atoms with E-state index in [1.165, 1.54) is 5.56 Å². The second-order valence-electron chi connectivity index (χ2n) is 3.90. The van der Waals surface area contributed by atoms with Crippen molar-refractivity contribution in [3.8, 4) is 5.75 Å². The van der Waals surface area contributed by atoms with Crippen molar-refractivity contribution in [1.82, 2.24) is 5.32 Å². The first kappa shape index (κ1) is 11.9. The highest BCUT2D eigenvalue weighted by Crippen LogP contribution is 2.33. The maximum atomic E-state index is 8.86. The lowest BCUT2D eigenvalue weighted by atomic mass is 10.0. The minimum atomic E-state index is 0.170. The van der Waals surface area contributed by atoms with Crippen LogP contribution >= 0.6 is 15.9 Å². The van der Waals surface area contributed by atoms with Crippen molar-refractivity contribution in [3.05, 3.63) is 28.2 Å². The fourth-order valence-corrected chi connectivity index (χ4v) is 2.34. The van der Waals surface area contributed by atoms with Crippen molar-refractivity contribution in [2.75, 3.05) is 19.8 Å². The predicted octanol–water partition coefficient (Wildman–Crippen LogP) is 2.24. The molecule has 1 aliphatic rings. The highest BCUT2D eigenvalue weighted by atomic mass is 79.9. The Morgan fingerprint density at radius 3 is 3.19 bits per heavy atom. The standard InChI is InChI=1S/C12H16BrNO2/c13-9-3-4-10-11(14-5-6-15)2-1-7-16-12(10)8-9/h3-4,8,11,14-15H,1-2,5-7H2. The molecule has 0 amide bonds.